The molecule has 1 N–H and O–H groups in total. The molecule has 0 saturated carbocycles. The number of carbonyl (C=O) groups is 1. The number of ether oxygens (including phenoxy) is 1. The Morgan fingerprint density at radius 1 is 1.73 bits per heavy atom. The molecule has 0 saturated heterocycles. The minimum absolute atomic E-state index is 0.301. The summed E-state index contributed by atoms with van der Waals surface area (Å²) in [6.45, 7) is 3.23. The van der Waals surface area contributed by atoms with Crippen molar-refractivity contribution in [3.8, 4) is 11.8 Å². The zero-order chi connectivity index (χ0) is 8.69. The molecule has 0 unspecified atom stereocenters. The minimum atomic E-state index is -0.604. The predicted octanol–water partition coefficient (Wildman–Crippen LogP) is 0.324. The van der Waals surface area contributed by atoms with E-state index in [9.17, 15) is 4.79 Å². The van der Waals surface area contributed by atoms with Crippen molar-refractivity contribution in [3.63, 3.8) is 0 Å². The van der Waals surface area contributed by atoms with Gasteiger partial charge in [-0.2, -0.15) is 0 Å². The molecule has 0 rings (SSSR count). The van der Waals surface area contributed by atoms with Crippen LogP contribution in [0, 0.1) is 11.8 Å². The van der Waals surface area contributed by atoms with Gasteiger partial charge in [-0.1, -0.05) is 11.8 Å². The van der Waals surface area contributed by atoms with E-state index < -0.39 is 6.10 Å². The molecule has 1 atom stereocenters. The summed E-state index contributed by atoms with van der Waals surface area (Å²) in [7, 11) is 0. The Bertz CT molecular complexity index is 174. The van der Waals surface area contributed by atoms with Crippen LogP contribution in [0.2, 0.25) is 0 Å². The standard InChI is InChI=1S/C8H12O3/c1-7(9)5-3-4-6-11-8(2)10/h7,9H,4,6H2,1-2H3/t7-/m1/s1. The number of carbonyl (C=O) groups excluding carboxylic acids is 1. The van der Waals surface area contributed by atoms with Gasteiger partial charge < -0.3 is 9.84 Å². The molecule has 0 aliphatic heterocycles. The van der Waals surface area contributed by atoms with Crippen LogP contribution < -0.4 is 0 Å². The molecule has 0 aromatic heterocycles. The Labute approximate surface area is 66.4 Å². The van der Waals surface area contributed by atoms with Gasteiger partial charge in [0.15, 0.2) is 0 Å². The molecule has 0 heterocycles. The molecule has 3 nitrogen and oxygen atoms in total. The molecule has 0 spiro atoms. The van der Waals surface area contributed by atoms with Crippen LogP contribution in [0.5, 0.6) is 0 Å². The monoisotopic (exact) mass is 156 g/mol. The smallest absolute Gasteiger partial charge is 0.302 e. The molecule has 0 aromatic rings. The Hall–Kier alpha value is -1.01. The van der Waals surface area contributed by atoms with Gasteiger partial charge in [0, 0.05) is 13.3 Å². The number of hydrogen-bond acceptors (Lipinski definition) is 3. The molecule has 0 aromatic carbocycles. The van der Waals surface area contributed by atoms with E-state index in [-0.39, 0.29) is 5.97 Å². The summed E-state index contributed by atoms with van der Waals surface area (Å²) < 4.78 is 4.60. The second kappa shape index (κ2) is 5.75. The normalized spacial score (nSPS) is 11.2. The highest BCUT2D eigenvalue weighted by Crippen LogP contribution is 1.82. The molecule has 0 radical (unpaired) electrons. The molecule has 62 valence electrons. The fraction of sp³-hybridized carbons (Fsp3) is 0.625. The van der Waals surface area contributed by atoms with Gasteiger partial charge in [-0.05, 0) is 6.92 Å². The topological polar surface area (TPSA) is 46.5 Å². The first-order valence-corrected chi connectivity index (χ1v) is 3.42. The van der Waals surface area contributed by atoms with Gasteiger partial charge in [-0.25, -0.2) is 0 Å². The Morgan fingerprint density at radius 3 is 2.82 bits per heavy atom. The third-order valence-corrected chi connectivity index (χ3v) is 0.843. The molecular weight excluding hydrogens is 144 g/mol. The van der Waals surface area contributed by atoms with Gasteiger partial charge >= 0.3 is 5.97 Å². The van der Waals surface area contributed by atoms with E-state index in [1.807, 2.05) is 0 Å². The van der Waals surface area contributed by atoms with Gasteiger partial charge in [0.2, 0.25) is 0 Å². The van der Waals surface area contributed by atoms with E-state index in [4.69, 9.17) is 5.11 Å². The van der Waals surface area contributed by atoms with E-state index >= 15 is 0 Å². The lowest BCUT2D eigenvalue weighted by Crippen LogP contribution is -1.99. The zero-order valence-corrected chi connectivity index (χ0v) is 6.76. The third kappa shape index (κ3) is 8.99. The summed E-state index contributed by atoms with van der Waals surface area (Å²) in [5, 5.41) is 8.68. The number of rotatable bonds is 2. The minimum Gasteiger partial charge on any atom is -0.465 e. The van der Waals surface area contributed by atoms with Crippen molar-refractivity contribution < 1.29 is 14.6 Å². The fourth-order valence-electron chi connectivity index (χ4n) is 0.466. The highest BCUT2D eigenvalue weighted by molar-refractivity contribution is 5.65. The fourth-order valence-corrected chi connectivity index (χ4v) is 0.466. The zero-order valence-electron chi connectivity index (χ0n) is 6.76. The Kier molecular flexibility index (Phi) is 5.22. The lowest BCUT2D eigenvalue weighted by molar-refractivity contribution is -0.140. The first-order valence-electron chi connectivity index (χ1n) is 3.42. The molecule has 0 amide bonds. The SMILES string of the molecule is CC(=O)OCCC#C[C@@H](C)O. The number of aliphatic hydroxyl groups is 1. The molecular formula is C8H12O3. The van der Waals surface area contributed by atoms with Gasteiger partial charge in [0.25, 0.3) is 0 Å². The van der Waals surface area contributed by atoms with Gasteiger partial charge in [-0.15, -0.1) is 0 Å². The van der Waals surface area contributed by atoms with E-state index in [2.05, 4.69) is 16.6 Å². The van der Waals surface area contributed by atoms with Crippen LogP contribution in [0.4, 0.5) is 0 Å². The number of aliphatic hydroxyl groups excluding tert-OH is 1. The van der Waals surface area contributed by atoms with Crippen molar-refractivity contribution in [1.82, 2.24) is 0 Å². The maximum absolute atomic E-state index is 10.2. The molecule has 0 aliphatic carbocycles. The van der Waals surface area contributed by atoms with E-state index in [0.29, 0.717) is 13.0 Å². The van der Waals surface area contributed by atoms with Crippen molar-refractivity contribution in [2.75, 3.05) is 6.61 Å². The first kappa shape index (κ1) is 9.99. The second-order valence-electron chi connectivity index (χ2n) is 2.09. The van der Waals surface area contributed by atoms with Crippen LogP contribution in [-0.2, 0) is 9.53 Å². The average molecular weight is 156 g/mol. The number of esters is 1. The largest absolute Gasteiger partial charge is 0.465 e. The van der Waals surface area contributed by atoms with Crippen molar-refractivity contribution in [1.29, 1.82) is 0 Å². The van der Waals surface area contributed by atoms with Crippen LogP contribution >= 0.6 is 0 Å². The van der Waals surface area contributed by atoms with Crippen molar-refractivity contribution >= 4 is 5.97 Å². The summed E-state index contributed by atoms with van der Waals surface area (Å²) in [6.07, 6.45) is -0.128. The summed E-state index contributed by atoms with van der Waals surface area (Å²) in [5.74, 6) is 4.89. The van der Waals surface area contributed by atoms with Crippen LogP contribution in [0.1, 0.15) is 20.3 Å². The van der Waals surface area contributed by atoms with Crippen molar-refractivity contribution in [2.24, 2.45) is 0 Å². The quantitative estimate of drug-likeness (QED) is 0.356. The second-order valence-corrected chi connectivity index (χ2v) is 2.09. The lowest BCUT2D eigenvalue weighted by Gasteiger charge is -1.94. The summed E-state index contributed by atoms with van der Waals surface area (Å²) >= 11 is 0. The van der Waals surface area contributed by atoms with E-state index in [1.54, 1.807) is 6.92 Å². The lowest BCUT2D eigenvalue weighted by atomic mass is 10.4. The highest BCUT2D eigenvalue weighted by Gasteiger charge is 1.88. The Balaban J connectivity index is 3.29. The maximum atomic E-state index is 10.2. The van der Waals surface area contributed by atoms with Gasteiger partial charge in [-0.3, -0.25) is 4.79 Å². The van der Waals surface area contributed by atoms with Crippen molar-refractivity contribution in [3.05, 3.63) is 0 Å². The highest BCUT2D eigenvalue weighted by atomic mass is 16.5. The van der Waals surface area contributed by atoms with Crippen molar-refractivity contribution in [2.45, 2.75) is 26.4 Å². The average Bonchev–Trinajstić information content (AvgIpc) is 1.85. The van der Waals surface area contributed by atoms with Crippen LogP contribution in [0.25, 0.3) is 0 Å². The molecule has 3 heteroatoms. The summed E-state index contributed by atoms with van der Waals surface area (Å²) in [6, 6.07) is 0. The molecule has 0 bridgehead atoms. The molecule has 0 fully saturated rings. The van der Waals surface area contributed by atoms with Crippen LogP contribution in [0.15, 0.2) is 0 Å². The van der Waals surface area contributed by atoms with Crippen LogP contribution in [0.3, 0.4) is 0 Å². The molecule has 11 heavy (non-hydrogen) atoms. The van der Waals surface area contributed by atoms with Gasteiger partial charge in [0.1, 0.15) is 12.7 Å². The summed E-state index contributed by atoms with van der Waals surface area (Å²) in [5.41, 5.74) is 0. The van der Waals surface area contributed by atoms with Gasteiger partial charge in [0.05, 0.1) is 0 Å². The first-order chi connectivity index (χ1) is 5.13. The van der Waals surface area contributed by atoms with E-state index in [0.717, 1.165) is 0 Å². The predicted molar refractivity (Wildman–Crippen MR) is 40.7 cm³/mol. The maximum Gasteiger partial charge on any atom is 0.302 e. The van der Waals surface area contributed by atoms with Crippen LogP contribution in [-0.4, -0.2) is 23.8 Å². The number of hydrogen-bond donors (Lipinski definition) is 1. The molecule has 0 aliphatic rings. The Morgan fingerprint density at radius 2 is 2.36 bits per heavy atom. The third-order valence-electron chi connectivity index (χ3n) is 0.843. The summed E-state index contributed by atoms with van der Waals surface area (Å²) in [4.78, 5) is 10.2. The van der Waals surface area contributed by atoms with E-state index in [1.165, 1.54) is 6.92 Å².